The Morgan fingerprint density at radius 1 is 0.636 bits per heavy atom. The van der Waals surface area contributed by atoms with E-state index in [1.807, 2.05) is 0 Å². The number of rotatable bonds is 9. The Labute approximate surface area is 158 Å². The van der Waals surface area contributed by atoms with Crippen LogP contribution in [0.4, 0.5) is 0 Å². The summed E-state index contributed by atoms with van der Waals surface area (Å²) in [6, 6.07) is 0. The van der Waals surface area contributed by atoms with Gasteiger partial charge in [-0.3, -0.25) is 0 Å². The Morgan fingerprint density at radius 2 is 0.909 bits per heavy atom. The monoisotopic (exact) mass is 466 g/mol. The summed E-state index contributed by atoms with van der Waals surface area (Å²) in [7, 11) is -2.65. The van der Waals surface area contributed by atoms with Crippen LogP contribution in [0.3, 0.4) is 0 Å². The van der Waals surface area contributed by atoms with E-state index in [4.69, 9.17) is 0 Å². The average Bonchev–Trinajstić information content (AvgIpc) is 2.39. The highest BCUT2D eigenvalue weighted by Crippen LogP contribution is 2.39. The average molecular weight is 468 g/mol. The molecule has 0 aliphatic rings. The maximum absolute atomic E-state index is 4.02. The van der Waals surface area contributed by atoms with Crippen LogP contribution < -0.4 is 0 Å². The topological polar surface area (TPSA) is 0 Å². The Bertz CT molecular complexity index is 370. The van der Waals surface area contributed by atoms with Crippen LogP contribution in [0.2, 0.25) is 39.3 Å². The number of unbranched alkanes of at least 4 members (excludes halogenated alkanes) is 2. The highest BCUT2D eigenvalue weighted by Gasteiger charge is 2.27. The van der Waals surface area contributed by atoms with E-state index in [-0.39, 0.29) is 0 Å². The van der Waals surface area contributed by atoms with Gasteiger partial charge in [0, 0.05) is 0 Å². The summed E-state index contributed by atoms with van der Waals surface area (Å²) in [5, 5.41) is 0. The van der Waals surface area contributed by atoms with Crippen LogP contribution in [-0.2, 0) is 0 Å². The summed E-state index contributed by atoms with van der Waals surface area (Å²) in [6.45, 7) is 19.3. The third kappa shape index (κ3) is 7.63. The van der Waals surface area contributed by atoms with Gasteiger partial charge in [-0.1, -0.05) is 97.8 Å². The van der Waals surface area contributed by atoms with E-state index in [0.717, 1.165) is 0 Å². The second-order valence-corrected chi connectivity index (χ2v) is 21.3. The van der Waals surface area contributed by atoms with Gasteiger partial charge >= 0.3 is 0 Å². The molecule has 0 saturated heterocycles. The molecule has 130 valence electrons. The van der Waals surface area contributed by atoms with Gasteiger partial charge in [-0.25, -0.2) is 0 Å². The fraction of sp³-hybridized carbons (Fsp3) is 0.778. The van der Waals surface area contributed by atoms with Gasteiger partial charge < -0.3 is 0 Å². The Kier molecular flexibility index (Phi) is 10.4. The zero-order valence-electron chi connectivity index (χ0n) is 16.0. The first-order valence-electron chi connectivity index (χ1n) is 8.75. The van der Waals surface area contributed by atoms with Gasteiger partial charge in [0.25, 0.3) is 0 Å². The lowest BCUT2D eigenvalue weighted by Gasteiger charge is -2.27. The summed E-state index contributed by atoms with van der Waals surface area (Å²) in [6.07, 6.45) is 7.55. The fourth-order valence-electron chi connectivity index (χ4n) is 2.40. The van der Waals surface area contributed by atoms with Crippen LogP contribution >= 0.6 is 31.9 Å². The number of hydrogen-bond acceptors (Lipinski definition) is 0. The first-order chi connectivity index (χ1) is 9.96. The molecule has 22 heavy (non-hydrogen) atoms. The maximum Gasteiger partial charge on any atom is 0.0869 e. The molecule has 0 aromatic heterocycles. The predicted octanol–water partition coefficient (Wildman–Crippen LogP) is 8.42. The molecular formula is C18H36Br2Si2. The molecule has 0 fully saturated rings. The van der Waals surface area contributed by atoms with Crippen LogP contribution in [0.15, 0.2) is 19.4 Å². The van der Waals surface area contributed by atoms with Crippen LogP contribution in [0.25, 0.3) is 0 Å². The van der Waals surface area contributed by atoms with Gasteiger partial charge in [0.2, 0.25) is 0 Å². The first kappa shape index (κ1) is 22.9. The molecule has 0 spiro atoms. The van der Waals surface area contributed by atoms with E-state index in [1.54, 1.807) is 11.1 Å². The molecule has 0 heterocycles. The van der Waals surface area contributed by atoms with Crippen molar-refractivity contribution in [3.05, 3.63) is 19.4 Å². The Hall–Kier alpha value is 0.874. The van der Waals surface area contributed by atoms with Gasteiger partial charge in [-0.15, -0.1) is 0 Å². The van der Waals surface area contributed by atoms with Crippen molar-refractivity contribution in [2.45, 2.75) is 91.7 Å². The molecule has 0 rings (SSSR count). The zero-order valence-corrected chi connectivity index (χ0v) is 21.2. The van der Waals surface area contributed by atoms with Gasteiger partial charge in [0.15, 0.2) is 0 Å². The molecule has 0 aliphatic carbocycles. The van der Waals surface area contributed by atoms with Gasteiger partial charge in [-0.2, -0.15) is 0 Å². The summed E-state index contributed by atoms with van der Waals surface area (Å²) < 4.78 is 3.07. The third-order valence-electron chi connectivity index (χ3n) is 3.77. The minimum atomic E-state index is -1.32. The van der Waals surface area contributed by atoms with E-state index in [9.17, 15) is 0 Å². The summed E-state index contributed by atoms with van der Waals surface area (Å²) in [5.41, 5.74) is 3.26. The second kappa shape index (κ2) is 10.00. The largest absolute Gasteiger partial charge is 0.0869 e. The molecule has 0 aliphatic heterocycles. The minimum absolute atomic E-state index is 1.22. The lowest BCUT2D eigenvalue weighted by Crippen LogP contribution is -2.25. The molecule has 0 saturated carbocycles. The van der Waals surface area contributed by atoms with E-state index < -0.39 is 16.1 Å². The van der Waals surface area contributed by atoms with Gasteiger partial charge in [0.05, 0.1) is 16.1 Å². The van der Waals surface area contributed by atoms with Crippen molar-refractivity contribution in [1.82, 2.24) is 0 Å². The lowest BCUT2D eigenvalue weighted by molar-refractivity contribution is 0.752. The minimum Gasteiger partial charge on any atom is -0.0654 e. The third-order valence-corrected chi connectivity index (χ3v) is 15.1. The van der Waals surface area contributed by atoms with Gasteiger partial charge in [-0.05, 0) is 45.0 Å². The Morgan fingerprint density at radius 3 is 1.09 bits per heavy atom. The van der Waals surface area contributed by atoms with E-state index in [2.05, 4.69) is 85.0 Å². The summed E-state index contributed by atoms with van der Waals surface area (Å²) in [5.74, 6) is 0. The molecule has 0 N–H and O–H groups in total. The Balaban J connectivity index is 6.08. The molecule has 0 aromatic rings. The molecule has 4 heteroatoms. The first-order valence-corrected chi connectivity index (χ1v) is 17.3. The smallest absolute Gasteiger partial charge is 0.0654 e. The van der Waals surface area contributed by atoms with Crippen LogP contribution in [0.5, 0.6) is 0 Å². The van der Waals surface area contributed by atoms with Crippen LogP contribution in [0, 0.1) is 0 Å². The number of allylic oxidation sites excluding steroid dienone is 2. The zero-order chi connectivity index (χ0) is 17.6. The van der Waals surface area contributed by atoms with E-state index in [0.29, 0.717) is 0 Å². The fourth-order valence-corrected chi connectivity index (χ4v) is 5.64. The van der Waals surface area contributed by atoms with Crippen molar-refractivity contribution in [1.29, 1.82) is 0 Å². The van der Waals surface area contributed by atoms with Crippen LogP contribution in [0.1, 0.15) is 52.4 Å². The molecule has 0 radical (unpaired) electrons. The summed E-state index contributed by atoms with van der Waals surface area (Å²) >= 11 is 8.05. The van der Waals surface area contributed by atoms with Gasteiger partial charge in [0.1, 0.15) is 0 Å². The van der Waals surface area contributed by atoms with Crippen molar-refractivity contribution >= 4 is 48.0 Å². The lowest BCUT2D eigenvalue weighted by atomic mass is 9.99. The van der Waals surface area contributed by atoms with Crippen molar-refractivity contribution in [2.75, 3.05) is 0 Å². The molecule has 0 aromatic carbocycles. The SMILES string of the molecule is CCCCC(/C(CCCC)=C(\Br)[Si](C)(C)C)=C(/Br)[Si](C)(C)C. The van der Waals surface area contributed by atoms with Crippen molar-refractivity contribution in [3.63, 3.8) is 0 Å². The highest BCUT2D eigenvalue weighted by atomic mass is 79.9. The molecule has 0 bridgehead atoms. The second-order valence-electron chi connectivity index (χ2n) is 8.29. The van der Waals surface area contributed by atoms with Crippen molar-refractivity contribution in [3.8, 4) is 0 Å². The standard InChI is InChI=1S/C18H36Br2Si2/c1-9-11-13-15(17(19)21(3,4)5)16(14-12-10-2)18(20)22(6,7)8/h9-14H2,1-8H3/b17-15+,18-16+. The molecule has 0 amide bonds. The van der Waals surface area contributed by atoms with E-state index >= 15 is 0 Å². The number of halogens is 2. The quantitative estimate of drug-likeness (QED) is 0.235. The van der Waals surface area contributed by atoms with Crippen molar-refractivity contribution < 1.29 is 0 Å². The molecule has 0 nitrogen and oxygen atoms in total. The predicted molar refractivity (Wildman–Crippen MR) is 118 cm³/mol. The molecule has 0 unspecified atom stereocenters. The van der Waals surface area contributed by atoms with Crippen LogP contribution in [-0.4, -0.2) is 16.1 Å². The molecule has 0 atom stereocenters. The molecular weight excluding hydrogens is 432 g/mol. The van der Waals surface area contributed by atoms with E-state index in [1.165, 1.54) is 46.7 Å². The highest BCUT2D eigenvalue weighted by molar-refractivity contribution is 9.12. The number of hydrogen-bond donors (Lipinski definition) is 0. The normalized spacial score (nSPS) is 15.5. The maximum atomic E-state index is 4.02. The van der Waals surface area contributed by atoms with Crippen molar-refractivity contribution in [2.24, 2.45) is 0 Å². The summed E-state index contributed by atoms with van der Waals surface area (Å²) in [4.78, 5) is 0.